The second kappa shape index (κ2) is 7.68. The molecule has 0 saturated heterocycles. The van der Waals surface area contributed by atoms with E-state index in [0.717, 1.165) is 31.2 Å². The second-order valence-corrected chi connectivity index (χ2v) is 6.05. The van der Waals surface area contributed by atoms with Crippen LogP contribution in [0.5, 0.6) is 5.75 Å². The largest absolute Gasteiger partial charge is 0.493 e. The summed E-state index contributed by atoms with van der Waals surface area (Å²) in [5.74, 6) is 2.47. The highest BCUT2D eigenvalue weighted by Crippen LogP contribution is 2.37. The zero-order chi connectivity index (χ0) is 14.4. The molecule has 1 aromatic carbocycles. The number of nitrogens with one attached hydrogen (secondary N) is 1. The molecule has 0 fully saturated rings. The minimum Gasteiger partial charge on any atom is -0.493 e. The third-order valence-electron chi connectivity index (χ3n) is 4.61. The molecule has 0 bridgehead atoms. The SMILES string of the molecule is CCCNC(CC1CCOc2ccccc21)C(C)CC. The van der Waals surface area contributed by atoms with Gasteiger partial charge in [0.15, 0.2) is 0 Å². The van der Waals surface area contributed by atoms with Gasteiger partial charge in [0, 0.05) is 6.04 Å². The number of hydrogen-bond donors (Lipinski definition) is 1. The van der Waals surface area contributed by atoms with Crippen LogP contribution in [-0.4, -0.2) is 19.2 Å². The summed E-state index contributed by atoms with van der Waals surface area (Å²) in [5.41, 5.74) is 1.41. The molecule has 3 unspecified atom stereocenters. The lowest BCUT2D eigenvalue weighted by molar-refractivity contribution is 0.242. The van der Waals surface area contributed by atoms with E-state index in [1.807, 2.05) is 0 Å². The Morgan fingerprint density at radius 2 is 2.10 bits per heavy atom. The third kappa shape index (κ3) is 3.76. The molecular formula is C18H29NO. The summed E-state index contributed by atoms with van der Waals surface area (Å²) in [7, 11) is 0. The molecule has 1 aliphatic heterocycles. The monoisotopic (exact) mass is 275 g/mol. The summed E-state index contributed by atoms with van der Waals surface area (Å²) in [6.07, 6.45) is 4.83. The molecule has 3 atom stereocenters. The summed E-state index contributed by atoms with van der Waals surface area (Å²) in [4.78, 5) is 0. The first-order valence-corrected chi connectivity index (χ1v) is 8.21. The van der Waals surface area contributed by atoms with Crippen LogP contribution in [0.4, 0.5) is 0 Å². The summed E-state index contributed by atoms with van der Waals surface area (Å²) in [6.45, 7) is 8.90. The second-order valence-electron chi connectivity index (χ2n) is 6.05. The molecule has 20 heavy (non-hydrogen) atoms. The number of para-hydroxylation sites is 1. The van der Waals surface area contributed by atoms with Crippen molar-refractivity contribution in [2.24, 2.45) is 5.92 Å². The van der Waals surface area contributed by atoms with Crippen molar-refractivity contribution in [3.05, 3.63) is 29.8 Å². The van der Waals surface area contributed by atoms with Crippen molar-refractivity contribution in [1.82, 2.24) is 5.32 Å². The van der Waals surface area contributed by atoms with Gasteiger partial charge in [-0.15, -0.1) is 0 Å². The topological polar surface area (TPSA) is 21.3 Å². The highest BCUT2D eigenvalue weighted by atomic mass is 16.5. The van der Waals surface area contributed by atoms with Crippen molar-refractivity contribution in [2.45, 2.75) is 58.4 Å². The summed E-state index contributed by atoms with van der Waals surface area (Å²) in [6, 6.07) is 9.18. The van der Waals surface area contributed by atoms with E-state index in [1.54, 1.807) is 0 Å². The molecule has 0 aliphatic carbocycles. The summed E-state index contributed by atoms with van der Waals surface area (Å²) >= 11 is 0. The standard InChI is InChI=1S/C18H29NO/c1-4-11-19-17(14(3)5-2)13-15-10-12-20-18-9-7-6-8-16(15)18/h6-9,14-15,17,19H,4-5,10-13H2,1-3H3. The molecule has 0 aromatic heterocycles. The van der Waals surface area contributed by atoms with Crippen molar-refractivity contribution in [3.63, 3.8) is 0 Å². The number of benzene rings is 1. The van der Waals surface area contributed by atoms with Crippen molar-refractivity contribution in [2.75, 3.05) is 13.2 Å². The van der Waals surface area contributed by atoms with Gasteiger partial charge in [0.1, 0.15) is 5.75 Å². The lowest BCUT2D eigenvalue weighted by Gasteiger charge is -2.32. The van der Waals surface area contributed by atoms with Crippen LogP contribution in [0.15, 0.2) is 24.3 Å². The minimum atomic E-state index is 0.621. The van der Waals surface area contributed by atoms with Crippen molar-refractivity contribution < 1.29 is 4.74 Å². The van der Waals surface area contributed by atoms with Crippen LogP contribution in [-0.2, 0) is 0 Å². The molecule has 2 rings (SSSR count). The highest BCUT2D eigenvalue weighted by Gasteiger charge is 2.26. The van der Waals surface area contributed by atoms with Gasteiger partial charge < -0.3 is 10.1 Å². The Morgan fingerprint density at radius 3 is 2.85 bits per heavy atom. The summed E-state index contributed by atoms with van der Waals surface area (Å²) < 4.78 is 5.78. The molecule has 2 heteroatoms. The number of rotatable bonds is 7. The van der Waals surface area contributed by atoms with Gasteiger partial charge in [0.25, 0.3) is 0 Å². The van der Waals surface area contributed by atoms with Gasteiger partial charge in [-0.05, 0) is 49.3 Å². The Labute approximate surface area is 123 Å². The molecule has 1 aromatic rings. The molecule has 0 radical (unpaired) electrons. The minimum absolute atomic E-state index is 0.621. The van der Waals surface area contributed by atoms with Gasteiger partial charge in [-0.3, -0.25) is 0 Å². The Morgan fingerprint density at radius 1 is 1.30 bits per heavy atom. The van der Waals surface area contributed by atoms with Gasteiger partial charge in [0.05, 0.1) is 6.61 Å². The van der Waals surface area contributed by atoms with Gasteiger partial charge in [0.2, 0.25) is 0 Å². The van der Waals surface area contributed by atoms with E-state index in [9.17, 15) is 0 Å². The van der Waals surface area contributed by atoms with E-state index in [-0.39, 0.29) is 0 Å². The van der Waals surface area contributed by atoms with Gasteiger partial charge in [-0.2, -0.15) is 0 Å². The maximum atomic E-state index is 5.78. The average Bonchev–Trinajstić information content (AvgIpc) is 2.50. The average molecular weight is 275 g/mol. The summed E-state index contributed by atoms with van der Waals surface area (Å²) in [5, 5.41) is 3.76. The first-order chi connectivity index (χ1) is 9.76. The van der Waals surface area contributed by atoms with Gasteiger partial charge in [-0.25, -0.2) is 0 Å². The Balaban J connectivity index is 2.07. The predicted octanol–water partition coefficient (Wildman–Crippen LogP) is 4.36. The molecule has 2 nitrogen and oxygen atoms in total. The zero-order valence-electron chi connectivity index (χ0n) is 13.2. The van der Waals surface area contributed by atoms with Crippen LogP contribution in [0, 0.1) is 5.92 Å². The maximum absolute atomic E-state index is 5.78. The van der Waals surface area contributed by atoms with Crippen LogP contribution in [0.3, 0.4) is 0 Å². The lowest BCUT2D eigenvalue weighted by atomic mass is 9.83. The van der Waals surface area contributed by atoms with Crippen LogP contribution in [0.25, 0.3) is 0 Å². The van der Waals surface area contributed by atoms with Crippen molar-refractivity contribution >= 4 is 0 Å². The zero-order valence-corrected chi connectivity index (χ0v) is 13.2. The smallest absolute Gasteiger partial charge is 0.122 e. The van der Waals surface area contributed by atoms with E-state index in [1.165, 1.54) is 24.8 Å². The Bertz CT molecular complexity index is 404. The molecular weight excluding hydrogens is 246 g/mol. The van der Waals surface area contributed by atoms with E-state index in [2.05, 4.69) is 50.4 Å². The number of ether oxygens (including phenoxy) is 1. The Hall–Kier alpha value is -1.02. The van der Waals surface area contributed by atoms with Crippen LogP contribution in [0.2, 0.25) is 0 Å². The molecule has 1 heterocycles. The fourth-order valence-electron chi connectivity index (χ4n) is 3.10. The molecule has 112 valence electrons. The Kier molecular flexibility index (Phi) is 5.90. The fourth-order valence-corrected chi connectivity index (χ4v) is 3.10. The molecule has 0 saturated carbocycles. The van der Waals surface area contributed by atoms with Gasteiger partial charge >= 0.3 is 0 Å². The maximum Gasteiger partial charge on any atom is 0.122 e. The van der Waals surface area contributed by atoms with Crippen molar-refractivity contribution in [3.8, 4) is 5.75 Å². The lowest BCUT2D eigenvalue weighted by Crippen LogP contribution is -2.37. The van der Waals surface area contributed by atoms with E-state index in [4.69, 9.17) is 4.74 Å². The van der Waals surface area contributed by atoms with E-state index in [0.29, 0.717) is 12.0 Å². The third-order valence-corrected chi connectivity index (χ3v) is 4.61. The first kappa shape index (κ1) is 15.4. The molecule has 0 spiro atoms. The van der Waals surface area contributed by atoms with Crippen LogP contribution < -0.4 is 10.1 Å². The fraction of sp³-hybridized carbons (Fsp3) is 0.667. The van der Waals surface area contributed by atoms with Gasteiger partial charge in [-0.1, -0.05) is 45.4 Å². The highest BCUT2D eigenvalue weighted by molar-refractivity contribution is 5.37. The molecule has 0 amide bonds. The first-order valence-electron chi connectivity index (χ1n) is 8.21. The van der Waals surface area contributed by atoms with E-state index < -0.39 is 0 Å². The van der Waals surface area contributed by atoms with Crippen LogP contribution in [0.1, 0.15) is 57.9 Å². The molecule has 1 aliphatic rings. The predicted molar refractivity (Wildman–Crippen MR) is 85.4 cm³/mol. The molecule has 1 N–H and O–H groups in total. The van der Waals surface area contributed by atoms with Crippen LogP contribution >= 0.6 is 0 Å². The quantitative estimate of drug-likeness (QED) is 0.798. The van der Waals surface area contributed by atoms with Crippen molar-refractivity contribution in [1.29, 1.82) is 0 Å². The normalized spacial score (nSPS) is 20.9. The number of hydrogen-bond acceptors (Lipinski definition) is 2. The van der Waals surface area contributed by atoms with E-state index >= 15 is 0 Å². The number of fused-ring (bicyclic) bond motifs is 1.